The largest absolute Gasteiger partial charge is 0.534 e. The molecule has 0 saturated heterocycles. The van der Waals surface area contributed by atoms with Gasteiger partial charge < -0.3 is 13.1 Å². The van der Waals surface area contributed by atoms with Gasteiger partial charge in [-0.15, -0.1) is 0 Å². The van der Waals surface area contributed by atoms with E-state index in [1.165, 1.54) is 0 Å². The molecule has 2 aromatic rings. The Hall–Kier alpha value is -2.68. The Kier molecular flexibility index (Phi) is 5.94. The lowest BCUT2D eigenvalue weighted by Crippen LogP contribution is -2.28. The molecule has 0 unspecified atom stereocenters. The Morgan fingerprint density at radius 1 is 0.517 bits per heavy atom. The van der Waals surface area contributed by atoms with Gasteiger partial charge in [0.1, 0.15) is 23.0 Å². The highest BCUT2D eigenvalue weighted by Crippen LogP contribution is 2.31. The van der Waals surface area contributed by atoms with Crippen LogP contribution in [-0.2, 0) is 20.2 Å². The number of alkyl halides is 6. The minimum absolute atomic E-state index is 0.00154. The van der Waals surface area contributed by atoms with Crippen molar-refractivity contribution in [2.45, 2.75) is 11.0 Å². The van der Waals surface area contributed by atoms with Gasteiger partial charge in [0.25, 0.3) is 0 Å². The molecule has 0 aliphatic carbocycles. The van der Waals surface area contributed by atoms with Gasteiger partial charge in [-0.2, -0.15) is 43.2 Å². The zero-order chi connectivity index (χ0) is 22.1. The maximum absolute atomic E-state index is 12.2. The maximum atomic E-state index is 12.2. The smallest absolute Gasteiger partial charge is 0.457 e. The highest BCUT2D eigenvalue weighted by Gasteiger charge is 2.49. The van der Waals surface area contributed by atoms with E-state index in [1.54, 1.807) is 0 Å². The van der Waals surface area contributed by atoms with E-state index in [4.69, 9.17) is 4.74 Å². The lowest BCUT2D eigenvalue weighted by Gasteiger charge is -2.11. The van der Waals surface area contributed by atoms with Gasteiger partial charge in [-0.05, 0) is 48.5 Å². The van der Waals surface area contributed by atoms with Gasteiger partial charge in [-0.3, -0.25) is 0 Å². The minimum atomic E-state index is -5.84. The summed E-state index contributed by atoms with van der Waals surface area (Å²) in [5.74, 6) is -1.29. The van der Waals surface area contributed by atoms with E-state index in [0.717, 1.165) is 48.5 Å². The first kappa shape index (κ1) is 22.6. The summed E-state index contributed by atoms with van der Waals surface area (Å²) in [7, 11) is -11.7. The molecule has 0 amide bonds. The number of rotatable bonds is 6. The van der Waals surface area contributed by atoms with Crippen LogP contribution in [0.1, 0.15) is 0 Å². The Morgan fingerprint density at radius 3 is 1.00 bits per heavy atom. The van der Waals surface area contributed by atoms with Gasteiger partial charge in [0.15, 0.2) is 0 Å². The molecule has 0 atom stereocenters. The van der Waals surface area contributed by atoms with Gasteiger partial charge in [0.2, 0.25) is 0 Å². The monoisotopic (exact) mass is 466 g/mol. The van der Waals surface area contributed by atoms with Crippen molar-refractivity contribution in [2.75, 3.05) is 0 Å². The molecule has 0 bridgehead atoms. The predicted octanol–water partition coefficient (Wildman–Crippen LogP) is 3.94. The highest BCUT2D eigenvalue weighted by atomic mass is 32.2. The van der Waals surface area contributed by atoms with E-state index < -0.39 is 42.8 Å². The first-order chi connectivity index (χ1) is 13.1. The van der Waals surface area contributed by atoms with Crippen LogP contribution < -0.4 is 13.1 Å². The molecule has 29 heavy (non-hydrogen) atoms. The van der Waals surface area contributed by atoms with E-state index in [1.807, 2.05) is 0 Å². The number of halogens is 6. The normalized spacial score (nSPS) is 13.0. The zero-order valence-corrected chi connectivity index (χ0v) is 15.2. The summed E-state index contributed by atoms with van der Waals surface area (Å²) in [5, 5.41) is 0. The van der Waals surface area contributed by atoms with Crippen LogP contribution in [0.5, 0.6) is 23.0 Å². The van der Waals surface area contributed by atoms with Crippen molar-refractivity contribution in [3.05, 3.63) is 48.5 Å². The molecule has 0 fully saturated rings. The lowest BCUT2D eigenvalue weighted by atomic mass is 10.3. The number of hydrogen-bond acceptors (Lipinski definition) is 7. The van der Waals surface area contributed by atoms with Crippen molar-refractivity contribution in [3.8, 4) is 23.0 Å². The van der Waals surface area contributed by atoms with Gasteiger partial charge in [0.05, 0.1) is 0 Å². The second-order valence-electron chi connectivity index (χ2n) is 5.01. The Morgan fingerprint density at radius 2 is 0.759 bits per heavy atom. The van der Waals surface area contributed by atoms with Crippen molar-refractivity contribution in [1.29, 1.82) is 0 Å². The second kappa shape index (κ2) is 7.62. The molecule has 0 spiro atoms. The molecule has 160 valence electrons. The third kappa shape index (κ3) is 5.66. The molecular formula is C14H8F6O7S2. The summed E-state index contributed by atoms with van der Waals surface area (Å²) in [5.41, 5.74) is -11.2. The van der Waals surface area contributed by atoms with Crippen LogP contribution in [0.4, 0.5) is 26.3 Å². The topological polar surface area (TPSA) is 96.0 Å². The third-order valence-corrected chi connectivity index (χ3v) is 4.82. The van der Waals surface area contributed by atoms with Crippen molar-refractivity contribution in [3.63, 3.8) is 0 Å². The van der Waals surface area contributed by atoms with Gasteiger partial charge >= 0.3 is 31.3 Å². The molecule has 0 heterocycles. The molecule has 7 nitrogen and oxygen atoms in total. The van der Waals surface area contributed by atoms with E-state index in [-0.39, 0.29) is 11.5 Å². The van der Waals surface area contributed by atoms with Crippen LogP contribution in [0.2, 0.25) is 0 Å². The van der Waals surface area contributed by atoms with Crippen molar-refractivity contribution >= 4 is 20.2 Å². The standard InChI is InChI=1S/C14H8F6O7S2/c15-13(16,17)28(21,22)26-11-5-1-9(2-6-11)25-10-3-7-12(8-4-10)27-29(23,24)14(18,19)20/h1-8H. The molecule has 0 radical (unpaired) electrons. The first-order valence-corrected chi connectivity index (χ1v) is 9.82. The van der Waals surface area contributed by atoms with Gasteiger partial charge in [-0.1, -0.05) is 0 Å². The van der Waals surface area contributed by atoms with Crippen LogP contribution in [0, 0.1) is 0 Å². The molecule has 2 aromatic carbocycles. The summed E-state index contributed by atoms with van der Waals surface area (Å²) in [6.07, 6.45) is 0. The molecule has 15 heteroatoms. The SMILES string of the molecule is O=S(=O)(Oc1ccc(Oc2ccc(OS(=O)(=O)C(F)(F)F)cc2)cc1)C(F)(F)F. The van der Waals surface area contributed by atoms with E-state index >= 15 is 0 Å². The number of ether oxygens (including phenoxy) is 1. The Balaban J connectivity index is 2.06. The quantitative estimate of drug-likeness (QED) is 0.362. The van der Waals surface area contributed by atoms with E-state index in [9.17, 15) is 43.2 Å². The van der Waals surface area contributed by atoms with Crippen LogP contribution >= 0.6 is 0 Å². The van der Waals surface area contributed by atoms with Crippen molar-refractivity contribution in [2.24, 2.45) is 0 Å². The molecule has 0 aliphatic heterocycles. The summed E-state index contributed by atoms with van der Waals surface area (Å²) < 4.78 is 130. The fourth-order valence-corrected chi connectivity index (χ4v) is 2.53. The van der Waals surface area contributed by atoms with E-state index in [0.29, 0.717) is 0 Å². The van der Waals surface area contributed by atoms with Crippen LogP contribution in [0.15, 0.2) is 48.5 Å². The van der Waals surface area contributed by atoms with Crippen LogP contribution in [-0.4, -0.2) is 27.9 Å². The number of benzene rings is 2. The van der Waals surface area contributed by atoms with Gasteiger partial charge in [-0.25, -0.2) is 0 Å². The average Bonchev–Trinajstić information content (AvgIpc) is 2.56. The fraction of sp³-hybridized carbons (Fsp3) is 0.143. The average molecular weight is 466 g/mol. The molecule has 0 aromatic heterocycles. The Bertz CT molecular complexity index is 970. The Labute approximate surface area is 159 Å². The summed E-state index contributed by atoms with van der Waals surface area (Å²) in [6, 6.07) is 7.69. The second-order valence-corrected chi connectivity index (χ2v) is 8.09. The number of hydrogen-bond donors (Lipinski definition) is 0. The first-order valence-electron chi connectivity index (χ1n) is 7.00. The molecular weight excluding hydrogens is 458 g/mol. The third-order valence-electron chi connectivity index (χ3n) is 2.86. The zero-order valence-electron chi connectivity index (χ0n) is 13.6. The molecule has 0 saturated carbocycles. The summed E-state index contributed by atoms with van der Waals surface area (Å²) in [4.78, 5) is 0. The molecule has 0 aliphatic rings. The predicted molar refractivity (Wildman–Crippen MR) is 84.2 cm³/mol. The van der Waals surface area contributed by atoms with Gasteiger partial charge in [0, 0.05) is 0 Å². The maximum Gasteiger partial charge on any atom is 0.534 e. The fourth-order valence-electron chi connectivity index (χ4n) is 1.61. The summed E-state index contributed by atoms with van der Waals surface area (Å²) in [6.45, 7) is 0. The minimum Gasteiger partial charge on any atom is -0.457 e. The van der Waals surface area contributed by atoms with E-state index in [2.05, 4.69) is 8.37 Å². The lowest BCUT2D eigenvalue weighted by molar-refractivity contribution is -0.0504. The summed E-state index contributed by atoms with van der Waals surface area (Å²) >= 11 is 0. The van der Waals surface area contributed by atoms with Crippen LogP contribution in [0.25, 0.3) is 0 Å². The van der Waals surface area contributed by atoms with Crippen molar-refractivity contribution < 1.29 is 56.3 Å². The molecule has 0 N–H and O–H groups in total. The van der Waals surface area contributed by atoms with Crippen molar-refractivity contribution in [1.82, 2.24) is 0 Å². The van der Waals surface area contributed by atoms with Crippen LogP contribution in [0.3, 0.4) is 0 Å². The molecule has 2 rings (SSSR count). The highest BCUT2D eigenvalue weighted by molar-refractivity contribution is 7.88.